The third kappa shape index (κ3) is 4.83. The maximum absolute atomic E-state index is 12.3. The lowest BCUT2D eigenvalue weighted by Crippen LogP contribution is -2.50. The maximum atomic E-state index is 12.3. The highest BCUT2D eigenvalue weighted by Gasteiger charge is 2.25. The molecule has 3 aromatic rings. The molecular weight excluding hydrogens is 435 g/mol. The summed E-state index contributed by atoms with van der Waals surface area (Å²) in [6, 6.07) is 9.24. The first kappa shape index (κ1) is 21.6. The lowest BCUT2D eigenvalue weighted by Gasteiger charge is -2.35. The number of rotatable bonds is 5. The summed E-state index contributed by atoms with van der Waals surface area (Å²) in [5.74, 6) is 1.48. The van der Waals surface area contributed by atoms with Gasteiger partial charge in [-0.25, -0.2) is 4.98 Å². The van der Waals surface area contributed by atoms with Crippen molar-refractivity contribution in [3.05, 3.63) is 52.1 Å². The number of halogens is 2. The van der Waals surface area contributed by atoms with Crippen LogP contribution in [0.5, 0.6) is 0 Å². The fraction of sp³-hybridized carbons (Fsp3) is 0.364. The minimum atomic E-state index is 0.00293. The summed E-state index contributed by atoms with van der Waals surface area (Å²) in [6.45, 7) is 7.02. The normalized spacial score (nSPS) is 14.4. The average molecular weight is 459 g/mol. The van der Waals surface area contributed by atoms with Crippen LogP contribution < -0.4 is 10.2 Å². The van der Waals surface area contributed by atoms with Gasteiger partial charge in [-0.2, -0.15) is 9.97 Å². The number of fused-ring (bicyclic) bond motifs is 1. The van der Waals surface area contributed by atoms with Gasteiger partial charge < -0.3 is 15.1 Å². The highest BCUT2D eigenvalue weighted by molar-refractivity contribution is 6.35. The van der Waals surface area contributed by atoms with Crippen molar-refractivity contribution in [3.63, 3.8) is 0 Å². The zero-order valence-electron chi connectivity index (χ0n) is 17.5. The van der Waals surface area contributed by atoms with Gasteiger partial charge in [0.2, 0.25) is 11.9 Å². The van der Waals surface area contributed by atoms with Gasteiger partial charge in [-0.05, 0) is 29.8 Å². The first-order valence-electron chi connectivity index (χ1n) is 10.3. The monoisotopic (exact) mass is 458 g/mol. The van der Waals surface area contributed by atoms with Crippen molar-refractivity contribution in [1.82, 2.24) is 19.9 Å². The van der Waals surface area contributed by atoms with Gasteiger partial charge in [0.25, 0.3) is 0 Å². The molecule has 1 aliphatic heterocycles. The molecule has 1 aromatic carbocycles. The number of nitrogens with zero attached hydrogens (tertiary/aromatic N) is 5. The molecule has 1 N–H and O–H groups in total. The van der Waals surface area contributed by atoms with Crippen molar-refractivity contribution in [2.75, 3.05) is 36.4 Å². The van der Waals surface area contributed by atoms with Crippen LogP contribution in [0.1, 0.15) is 19.4 Å². The largest absolute Gasteiger partial charge is 0.365 e. The van der Waals surface area contributed by atoms with Gasteiger partial charge >= 0.3 is 0 Å². The standard InChI is InChI=1S/C22H24Cl2N6O/c1-14(2)21(31)29-8-10-30(11-9-29)22-27-19-17(4-3-7-25-19)20(28-22)26-13-15-5-6-16(23)12-18(15)24/h3-7,12,14H,8-11,13H2,1-2H3,(H,25,26,27,28). The number of piperazine rings is 1. The molecule has 9 heteroatoms. The Morgan fingerprint density at radius 1 is 1.13 bits per heavy atom. The van der Waals surface area contributed by atoms with Crippen LogP contribution in [0.25, 0.3) is 11.0 Å². The van der Waals surface area contributed by atoms with Crippen LogP contribution in [0.4, 0.5) is 11.8 Å². The van der Waals surface area contributed by atoms with E-state index in [2.05, 4.69) is 20.2 Å². The van der Waals surface area contributed by atoms with Crippen molar-refractivity contribution in [3.8, 4) is 0 Å². The van der Waals surface area contributed by atoms with E-state index in [1.165, 1.54) is 0 Å². The zero-order valence-corrected chi connectivity index (χ0v) is 19.0. The van der Waals surface area contributed by atoms with Crippen LogP contribution in [0.15, 0.2) is 36.5 Å². The molecule has 0 unspecified atom stereocenters. The molecule has 0 bridgehead atoms. The van der Waals surface area contributed by atoms with Crippen molar-refractivity contribution in [2.45, 2.75) is 20.4 Å². The number of pyridine rings is 1. The summed E-state index contributed by atoms with van der Waals surface area (Å²) in [4.78, 5) is 30.1. The number of carbonyl (C=O) groups is 1. The minimum Gasteiger partial charge on any atom is -0.365 e. The fourth-order valence-electron chi connectivity index (χ4n) is 3.56. The molecule has 1 amide bonds. The molecule has 31 heavy (non-hydrogen) atoms. The van der Waals surface area contributed by atoms with Crippen LogP contribution in [-0.4, -0.2) is 51.9 Å². The minimum absolute atomic E-state index is 0.00293. The fourth-order valence-corrected chi connectivity index (χ4v) is 4.04. The van der Waals surface area contributed by atoms with Crippen LogP contribution in [0.2, 0.25) is 10.0 Å². The van der Waals surface area contributed by atoms with Crippen molar-refractivity contribution in [2.24, 2.45) is 5.92 Å². The van der Waals surface area contributed by atoms with Crippen LogP contribution in [-0.2, 0) is 11.3 Å². The zero-order chi connectivity index (χ0) is 22.0. The summed E-state index contributed by atoms with van der Waals surface area (Å²) in [6.07, 6.45) is 1.72. The summed E-state index contributed by atoms with van der Waals surface area (Å²) in [7, 11) is 0. The second-order valence-corrected chi connectivity index (χ2v) is 8.65. The summed E-state index contributed by atoms with van der Waals surface area (Å²) < 4.78 is 0. The SMILES string of the molecule is CC(C)C(=O)N1CCN(c2nc(NCc3ccc(Cl)cc3Cl)c3cccnc3n2)CC1. The lowest BCUT2D eigenvalue weighted by molar-refractivity contribution is -0.134. The van der Waals surface area contributed by atoms with Gasteiger partial charge in [-0.15, -0.1) is 0 Å². The molecule has 0 spiro atoms. The number of aromatic nitrogens is 3. The smallest absolute Gasteiger partial charge is 0.229 e. The first-order chi connectivity index (χ1) is 14.9. The molecule has 0 radical (unpaired) electrons. The molecule has 7 nitrogen and oxygen atoms in total. The van der Waals surface area contributed by atoms with Gasteiger partial charge in [0.05, 0.1) is 5.39 Å². The van der Waals surface area contributed by atoms with Gasteiger partial charge in [-0.3, -0.25) is 4.79 Å². The van der Waals surface area contributed by atoms with Gasteiger partial charge in [0, 0.05) is 54.9 Å². The Balaban J connectivity index is 1.56. The number of benzene rings is 1. The quantitative estimate of drug-likeness (QED) is 0.615. The van der Waals surface area contributed by atoms with Crippen molar-refractivity contribution in [1.29, 1.82) is 0 Å². The Morgan fingerprint density at radius 2 is 1.90 bits per heavy atom. The number of nitrogens with one attached hydrogen (secondary N) is 1. The van der Waals surface area contributed by atoms with Gasteiger partial charge in [0.1, 0.15) is 5.82 Å². The maximum Gasteiger partial charge on any atom is 0.229 e. The van der Waals surface area contributed by atoms with Crippen molar-refractivity contribution >= 4 is 51.9 Å². The molecule has 0 aliphatic carbocycles. The molecule has 1 saturated heterocycles. The predicted octanol–water partition coefficient (Wildman–Crippen LogP) is 4.25. The second-order valence-electron chi connectivity index (χ2n) is 7.80. The predicted molar refractivity (Wildman–Crippen MR) is 125 cm³/mol. The van der Waals surface area contributed by atoms with Crippen LogP contribution in [0.3, 0.4) is 0 Å². The lowest BCUT2D eigenvalue weighted by atomic mass is 10.1. The van der Waals surface area contributed by atoms with Gasteiger partial charge in [-0.1, -0.05) is 43.1 Å². The number of carbonyl (C=O) groups excluding carboxylic acids is 1. The van der Waals surface area contributed by atoms with Crippen LogP contribution in [0, 0.1) is 5.92 Å². The van der Waals surface area contributed by atoms with Crippen LogP contribution >= 0.6 is 23.2 Å². The Hall–Kier alpha value is -2.64. The van der Waals surface area contributed by atoms with E-state index >= 15 is 0 Å². The molecule has 3 heterocycles. The molecule has 1 fully saturated rings. The molecule has 2 aromatic heterocycles. The highest BCUT2D eigenvalue weighted by Crippen LogP contribution is 2.26. The van der Waals surface area contributed by atoms with E-state index in [4.69, 9.17) is 28.2 Å². The Morgan fingerprint density at radius 3 is 2.61 bits per heavy atom. The summed E-state index contributed by atoms with van der Waals surface area (Å²) in [5.41, 5.74) is 1.54. The van der Waals surface area contributed by atoms with Gasteiger partial charge in [0.15, 0.2) is 5.65 Å². The topological polar surface area (TPSA) is 74.2 Å². The highest BCUT2D eigenvalue weighted by atomic mass is 35.5. The summed E-state index contributed by atoms with van der Waals surface area (Å²) in [5, 5.41) is 5.41. The van der Waals surface area contributed by atoms with E-state index in [-0.39, 0.29) is 11.8 Å². The van der Waals surface area contributed by atoms with E-state index < -0.39 is 0 Å². The molecule has 4 rings (SSSR count). The third-order valence-corrected chi connectivity index (χ3v) is 5.88. The number of hydrogen-bond acceptors (Lipinski definition) is 6. The third-order valence-electron chi connectivity index (χ3n) is 5.29. The van der Waals surface area contributed by atoms with Crippen molar-refractivity contribution < 1.29 is 4.79 Å². The summed E-state index contributed by atoms with van der Waals surface area (Å²) >= 11 is 12.3. The first-order valence-corrected chi connectivity index (χ1v) is 11.0. The molecule has 162 valence electrons. The molecule has 0 saturated carbocycles. The number of anilines is 2. The number of hydrogen-bond donors (Lipinski definition) is 1. The Bertz CT molecular complexity index is 1100. The molecule has 0 atom stereocenters. The van der Waals surface area contributed by atoms with E-state index in [1.807, 2.05) is 43.0 Å². The Labute approximate surface area is 191 Å². The average Bonchev–Trinajstić information content (AvgIpc) is 2.77. The molecule has 1 aliphatic rings. The molecular formula is C22H24Cl2N6O. The van der Waals surface area contributed by atoms with E-state index in [0.717, 1.165) is 10.9 Å². The van der Waals surface area contributed by atoms with E-state index in [1.54, 1.807) is 12.3 Å². The Kier molecular flexibility index (Phi) is 6.43. The number of amides is 1. The van der Waals surface area contributed by atoms with E-state index in [9.17, 15) is 4.79 Å². The second kappa shape index (κ2) is 9.24. The van der Waals surface area contributed by atoms with E-state index in [0.29, 0.717) is 60.2 Å².